The van der Waals surface area contributed by atoms with Gasteiger partial charge in [-0.15, -0.1) is 6.58 Å². The molecule has 1 aromatic carbocycles. The van der Waals surface area contributed by atoms with Gasteiger partial charge in [-0.25, -0.2) is 0 Å². The number of hydrogen-bond acceptors (Lipinski definition) is 1. The maximum Gasteiger partial charge on any atom is 0.122 e. The average molecular weight is 204 g/mol. The highest BCUT2D eigenvalue weighted by Gasteiger charge is 2.14. The number of aromatic hydroxyl groups is 1. The number of rotatable bonds is 4. The van der Waals surface area contributed by atoms with Crippen molar-refractivity contribution >= 4 is 0 Å². The Morgan fingerprint density at radius 3 is 2.47 bits per heavy atom. The highest BCUT2D eigenvalue weighted by atomic mass is 16.3. The maximum absolute atomic E-state index is 10.1. The number of benzene rings is 1. The molecule has 0 heterocycles. The zero-order valence-corrected chi connectivity index (χ0v) is 9.83. The van der Waals surface area contributed by atoms with Crippen molar-refractivity contribution in [2.75, 3.05) is 0 Å². The van der Waals surface area contributed by atoms with Gasteiger partial charge in [-0.05, 0) is 17.9 Å². The molecule has 15 heavy (non-hydrogen) atoms. The summed E-state index contributed by atoms with van der Waals surface area (Å²) in [5.74, 6) is 1.05. The van der Waals surface area contributed by atoms with Crippen LogP contribution < -0.4 is 0 Å². The topological polar surface area (TPSA) is 20.2 Å². The van der Waals surface area contributed by atoms with Crippen LogP contribution in [-0.4, -0.2) is 5.11 Å². The predicted molar refractivity (Wildman–Crippen MR) is 65.4 cm³/mol. The number of phenolic OH excluding ortho intramolecular Hbond substituents is 1. The van der Waals surface area contributed by atoms with Crippen molar-refractivity contribution in [3.05, 3.63) is 42.0 Å². The lowest BCUT2D eigenvalue weighted by atomic mass is 9.91. The SMILES string of the molecule is C=CC(C)c1cccc(C(C)CC)c1O. The monoisotopic (exact) mass is 204 g/mol. The van der Waals surface area contributed by atoms with Crippen molar-refractivity contribution < 1.29 is 5.11 Å². The van der Waals surface area contributed by atoms with Crippen LogP contribution in [0.1, 0.15) is 50.2 Å². The predicted octanol–water partition coefficient (Wildman–Crippen LogP) is 4.20. The van der Waals surface area contributed by atoms with Crippen LogP contribution in [0.3, 0.4) is 0 Å². The van der Waals surface area contributed by atoms with Gasteiger partial charge in [0.05, 0.1) is 0 Å². The summed E-state index contributed by atoms with van der Waals surface area (Å²) in [6.07, 6.45) is 2.90. The second-order valence-electron chi connectivity index (χ2n) is 4.12. The minimum Gasteiger partial charge on any atom is -0.507 e. The Kier molecular flexibility index (Phi) is 3.96. The fourth-order valence-corrected chi connectivity index (χ4v) is 1.69. The number of hydrogen-bond donors (Lipinski definition) is 1. The third-order valence-electron chi connectivity index (χ3n) is 3.09. The smallest absolute Gasteiger partial charge is 0.122 e. The molecule has 0 fully saturated rings. The molecule has 82 valence electrons. The van der Waals surface area contributed by atoms with Crippen molar-refractivity contribution in [1.29, 1.82) is 0 Å². The van der Waals surface area contributed by atoms with E-state index in [1.54, 1.807) is 0 Å². The average Bonchev–Trinajstić information content (AvgIpc) is 2.27. The minimum atomic E-state index is 0.203. The molecule has 2 atom stereocenters. The van der Waals surface area contributed by atoms with E-state index < -0.39 is 0 Å². The largest absolute Gasteiger partial charge is 0.507 e. The highest BCUT2D eigenvalue weighted by molar-refractivity contribution is 5.45. The molecule has 0 saturated carbocycles. The van der Waals surface area contributed by atoms with Crippen molar-refractivity contribution in [2.24, 2.45) is 0 Å². The van der Waals surface area contributed by atoms with Gasteiger partial charge in [0.15, 0.2) is 0 Å². The minimum absolute atomic E-state index is 0.203. The van der Waals surface area contributed by atoms with E-state index >= 15 is 0 Å². The summed E-state index contributed by atoms with van der Waals surface area (Å²) in [4.78, 5) is 0. The Morgan fingerprint density at radius 1 is 1.33 bits per heavy atom. The zero-order valence-electron chi connectivity index (χ0n) is 9.83. The summed E-state index contributed by atoms with van der Waals surface area (Å²) >= 11 is 0. The lowest BCUT2D eigenvalue weighted by Crippen LogP contribution is -1.97. The van der Waals surface area contributed by atoms with Gasteiger partial charge in [0.25, 0.3) is 0 Å². The van der Waals surface area contributed by atoms with Crippen LogP contribution in [0.25, 0.3) is 0 Å². The molecule has 0 aliphatic rings. The molecular weight excluding hydrogens is 184 g/mol. The van der Waals surface area contributed by atoms with E-state index in [2.05, 4.69) is 20.4 Å². The van der Waals surface area contributed by atoms with Gasteiger partial charge in [0, 0.05) is 11.5 Å². The Morgan fingerprint density at radius 2 is 1.93 bits per heavy atom. The number of phenols is 1. The van der Waals surface area contributed by atoms with E-state index in [-0.39, 0.29) is 5.92 Å². The second-order valence-corrected chi connectivity index (χ2v) is 4.12. The Bertz CT molecular complexity index is 341. The van der Waals surface area contributed by atoms with Crippen molar-refractivity contribution in [2.45, 2.75) is 39.0 Å². The molecule has 0 amide bonds. The molecule has 0 aromatic heterocycles. The van der Waals surface area contributed by atoms with E-state index in [1.807, 2.05) is 31.2 Å². The Balaban J connectivity index is 3.16. The second kappa shape index (κ2) is 5.01. The van der Waals surface area contributed by atoms with Gasteiger partial charge in [0.2, 0.25) is 0 Å². The van der Waals surface area contributed by atoms with Crippen LogP contribution in [-0.2, 0) is 0 Å². The van der Waals surface area contributed by atoms with Crippen LogP contribution in [0.2, 0.25) is 0 Å². The molecule has 2 unspecified atom stereocenters. The summed E-state index contributed by atoms with van der Waals surface area (Å²) in [6.45, 7) is 10.1. The highest BCUT2D eigenvalue weighted by Crippen LogP contribution is 2.34. The maximum atomic E-state index is 10.1. The van der Waals surface area contributed by atoms with Gasteiger partial charge in [-0.2, -0.15) is 0 Å². The molecule has 0 radical (unpaired) electrons. The first-order valence-corrected chi connectivity index (χ1v) is 5.56. The van der Waals surface area contributed by atoms with Crippen molar-refractivity contribution in [1.82, 2.24) is 0 Å². The Labute approximate surface area is 92.5 Å². The van der Waals surface area contributed by atoms with Gasteiger partial charge in [0.1, 0.15) is 5.75 Å². The quantitative estimate of drug-likeness (QED) is 0.729. The van der Waals surface area contributed by atoms with Crippen LogP contribution in [0.4, 0.5) is 0 Å². The molecule has 0 spiro atoms. The van der Waals surface area contributed by atoms with E-state index in [0.717, 1.165) is 17.5 Å². The lowest BCUT2D eigenvalue weighted by molar-refractivity contribution is 0.453. The third-order valence-corrected chi connectivity index (χ3v) is 3.09. The van der Waals surface area contributed by atoms with Crippen LogP contribution in [0.15, 0.2) is 30.9 Å². The van der Waals surface area contributed by atoms with Gasteiger partial charge in [-0.3, -0.25) is 0 Å². The molecule has 0 aliphatic heterocycles. The van der Waals surface area contributed by atoms with Gasteiger partial charge >= 0.3 is 0 Å². The van der Waals surface area contributed by atoms with E-state index in [1.165, 1.54) is 0 Å². The number of para-hydroxylation sites is 1. The van der Waals surface area contributed by atoms with Crippen LogP contribution >= 0.6 is 0 Å². The summed E-state index contributed by atoms with van der Waals surface area (Å²) in [5.41, 5.74) is 2.02. The Hall–Kier alpha value is -1.24. The van der Waals surface area contributed by atoms with Crippen LogP contribution in [0, 0.1) is 0 Å². The van der Waals surface area contributed by atoms with Gasteiger partial charge in [-0.1, -0.05) is 45.0 Å². The summed E-state index contributed by atoms with van der Waals surface area (Å²) in [7, 11) is 0. The summed E-state index contributed by atoms with van der Waals surface area (Å²) in [5, 5.41) is 10.1. The summed E-state index contributed by atoms with van der Waals surface area (Å²) in [6, 6.07) is 5.98. The molecular formula is C14H20O. The van der Waals surface area contributed by atoms with E-state index in [0.29, 0.717) is 11.7 Å². The third kappa shape index (κ3) is 2.41. The van der Waals surface area contributed by atoms with Crippen LogP contribution in [0.5, 0.6) is 5.75 Å². The fraction of sp³-hybridized carbons (Fsp3) is 0.429. The van der Waals surface area contributed by atoms with E-state index in [9.17, 15) is 5.11 Å². The molecule has 1 rings (SSSR count). The normalized spacial score (nSPS) is 14.6. The number of allylic oxidation sites excluding steroid dienone is 1. The first-order valence-electron chi connectivity index (χ1n) is 5.56. The molecule has 0 bridgehead atoms. The van der Waals surface area contributed by atoms with Crippen molar-refractivity contribution in [3.63, 3.8) is 0 Å². The molecule has 1 aromatic rings. The zero-order chi connectivity index (χ0) is 11.4. The first kappa shape index (κ1) is 11.8. The van der Waals surface area contributed by atoms with Crippen molar-refractivity contribution in [3.8, 4) is 5.75 Å². The molecule has 0 saturated heterocycles. The summed E-state index contributed by atoms with van der Waals surface area (Å²) < 4.78 is 0. The molecule has 1 N–H and O–H groups in total. The molecule has 1 nitrogen and oxygen atoms in total. The molecule has 1 heteroatoms. The first-order chi connectivity index (χ1) is 7.11. The lowest BCUT2D eigenvalue weighted by Gasteiger charge is -2.16. The standard InChI is InChI=1S/C14H20O/c1-5-10(3)12-8-7-9-13(14(12)15)11(4)6-2/h5,7-11,15H,1,6H2,2-4H3. The fourth-order valence-electron chi connectivity index (χ4n) is 1.69. The van der Waals surface area contributed by atoms with E-state index in [4.69, 9.17) is 0 Å². The van der Waals surface area contributed by atoms with Gasteiger partial charge < -0.3 is 5.11 Å². The molecule has 0 aliphatic carbocycles.